The fourth-order valence-electron chi connectivity index (χ4n) is 1.89. The highest BCUT2D eigenvalue weighted by molar-refractivity contribution is 6.34. The van der Waals surface area contributed by atoms with Gasteiger partial charge >= 0.3 is 0 Å². The molecule has 17 heavy (non-hydrogen) atoms. The largest absolute Gasteiger partial charge is 0.463 e. The summed E-state index contributed by atoms with van der Waals surface area (Å²) in [5.74, 6) is 0.0630. The highest BCUT2D eigenvalue weighted by Crippen LogP contribution is 2.28. The van der Waals surface area contributed by atoms with E-state index in [1.54, 1.807) is 6.26 Å². The third-order valence-electron chi connectivity index (χ3n) is 2.70. The van der Waals surface area contributed by atoms with Crippen molar-refractivity contribution >= 4 is 27.9 Å². The van der Waals surface area contributed by atoms with E-state index in [0.717, 1.165) is 10.8 Å². The number of carbonyl (C=O) groups excluding carboxylic acids is 2. The van der Waals surface area contributed by atoms with E-state index >= 15 is 0 Å². The molecule has 3 nitrogen and oxygen atoms in total. The summed E-state index contributed by atoms with van der Waals surface area (Å²) in [6, 6.07) is 7.52. The van der Waals surface area contributed by atoms with Crippen LogP contribution in [0.5, 0.6) is 0 Å². The number of hydrogen-bond donors (Lipinski definition) is 0. The average Bonchev–Trinajstić information content (AvgIpc) is 2.76. The molecule has 1 aliphatic carbocycles. The number of furan rings is 1. The van der Waals surface area contributed by atoms with Crippen molar-refractivity contribution in [3.63, 3.8) is 0 Å². The van der Waals surface area contributed by atoms with E-state index in [0.29, 0.717) is 11.3 Å². The van der Waals surface area contributed by atoms with Crippen LogP contribution in [0.25, 0.3) is 16.3 Å². The van der Waals surface area contributed by atoms with Crippen LogP contribution in [0.3, 0.4) is 0 Å². The van der Waals surface area contributed by atoms with Gasteiger partial charge in [0.1, 0.15) is 5.76 Å². The van der Waals surface area contributed by atoms with Crippen molar-refractivity contribution in [1.82, 2.24) is 0 Å². The second kappa shape index (κ2) is 3.56. The molecule has 0 aliphatic heterocycles. The standard InChI is InChI=1S/C14H8O3/c15-10-5-6-13(16)12(7-10)14-11-4-2-1-3-9(11)8-17-14/h1-8H. The molecule has 0 saturated heterocycles. The van der Waals surface area contributed by atoms with Gasteiger partial charge in [0.2, 0.25) is 0 Å². The molecule has 3 heteroatoms. The lowest BCUT2D eigenvalue weighted by atomic mass is 9.99. The van der Waals surface area contributed by atoms with Crippen LogP contribution in [0.4, 0.5) is 0 Å². The molecule has 0 amide bonds. The second-order valence-electron chi connectivity index (χ2n) is 3.81. The van der Waals surface area contributed by atoms with Crippen molar-refractivity contribution in [1.29, 1.82) is 0 Å². The smallest absolute Gasteiger partial charge is 0.189 e. The number of hydrogen-bond acceptors (Lipinski definition) is 3. The van der Waals surface area contributed by atoms with Crippen LogP contribution < -0.4 is 0 Å². The lowest BCUT2D eigenvalue weighted by molar-refractivity contribution is -0.113. The number of allylic oxidation sites excluding steroid dienone is 4. The molecule has 0 radical (unpaired) electrons. The third kappa shape index (κ3) is 1.52. The molecule has 0 saturated carbocycles. The van der Waals surface area contributed by atoms with E-state index in [1.165, 1.54) is 18.2 Å². The maximum atomic E-state index is 11.7. The summed E-state index contributed by atoms with van der Waals surface area (Å²) in [6.07, 6.45) is 5.43. The fraction of sp³-hybridized carbons (Fsp3) is 0. The average molecular weight is 224 g/mol. The highest BCUT2D eigenvalue weighted by Gasteiger charge is 2.20. The van der Waals surface area contributed by atoms with Gasteiger partial charge in [0.25, 0.3) is 0 Å². The summed E-state index contributed by atoms with van der Waals surface area (Å²) in [4.78, 5) is 23.0. The zero-order valence-corrected chi connectivity index (χ0v) is 8.84. The van der Waals surface area contributed by atoms with Crippen molar-refractivity contribution in [3.05, 3.63) is 54.5 Å². The lowest BCUT2D eigenvalue weighted by Crippen LogP contribution is -2.06. The van der Waals surface area contributed by atoms with Crippen LogP contribution in [0.2, 0.25) is 0 Å². The van der Waals surface area contributed by atoms with Crippen LogP contribution in [-0.4, -0.2) is 11.6 Å². The first-order valence-electron chi connectivity index (χ1n) is 5.20. The minimum absolute atomic E-state index is 0.194. The molecule has 82 valence electrons. The second-order valence-corrected chi connectivity index (χ2v) is 3.81. The van der Waals surface area contributed by atoms with Crippen LogP contribution in [0.1, 0.15) is 5.76 Å². The number of ketones is 2. The molecule has 1 aliphatic rings. The molecular weight excluding hydrogens is 216 g/mol. The van der Waals surface area contributed by atoms with Gasteiger partial charge in [0.05, 0.1) is 11.8 Å². The third-order valence-corrected chi connectivity index (χ3v) is 2.70. The van der Waals surface area contributed by atoms with Crippen molar-refractivity contribution in [2.75, 3.05) is 0 Å². The van der Waals surface area contributed by atoms with Gasteiger partial charge in [-0.15, -0.1) is 0 Å². The SMILES string of the molecule is O=C1C=CC(=O)C(c2occ3ccccc23)=C1. The minimum Gasteiger partial charge on any atom is -0.463 e. The van der Waals surface area contributed by atoms with Gasteiger partial charge in [-0.2, -0.15) is 0 Å². The first-order chi connectivity index (χ1) is 8.25. The van der Waals surface area contributed by atoms with Gasteiger partial charge < -0.3 is 4.42 Å². The van der Waals surface area contributed by atoms with Gasteiger partial charge in [0.15, 0.2) is 11.6 Å². The van der Waals surface area contributed by atoms with Crippen molar-refractivity contribution < 1.29 is 14.0 Å². The topological polar surface area (TPSA) is 47.3 Å². The molecule has 0 N–H and O–H groups in total. The molecule has 2 aromatic rings. The minimum atomic E-state index is -0.204. The Hall–Kier alpha value is -2.42. The van der Waals surface area contributed by atoms with Crippen molar-refractivity contribution in [2.45, 2.75) is 0 Å². The van der Waals surface area contributed by atoms with Crippen molar-refractivity contribution in [2.24, 2.45) is 0 Å². The number of benzene rings is 1. The maximum Gasteiger partial charge on any atom is 0.189 e. The molecule has 0 atom stereocenters. The molecule has 1 heterocycles. The summed E-state index contributed by atoms with van der Waals surface area (Å²) in [7, 11) is 0. The monoisotopic (exact) mass is 224 g/mol. The van der Waals surface area contributed by atoms with Crippen LogP contribution >= 0.6 is 0 Å². The summed E-state index contributed by atoms with van der Waals surface area (Å²) in [5.41, 5.74) is 0.318. The number of rotatable bonds is 1. The Morgan fingerprint density at radius 1 is 1.00 bits per heavy atom. The molecule has 0 unspecified atom stereocenters. The zero-order valence-electron chi connectivity index (χ0n) is 8.84. The first kappa shape index (κ1) is 9.78. The molecule has 0 spiro atoms. The molecule has 1 aromatic carbocycles. The van der Waals surface area contributed by atoms with Gasteiger partial charge in [-0.05, 0) is 12.2 Å². The highest BCUT2D eigenvalue weighted by atomic mass is 16.3. The van der Waals surface area contributed by atoms with Gasteiger partial charge in [-0.1, -0.05) is 24.3 Å². The van der Waals surface area contributed by atoms with E-state index < -0.39 is 0 Å². The predicted molar refractivity (Wildman–Crippen MR) is 63.3 cm³/mol. The normalized spacial score (nSPS) is 15.4. The van der Waals surface area contributed by atoms with Gasteiger partial charge in [0, 0.05) is 16.8 Å². The van der Waals surface area contributed by atoms with Crippen molar-refractivity contribution in [3.8, 4) is 0 Å². The Bertz CT molecular complexity index is 686. The summed E-state index contributed by atoms with van der Waals surface area (Å²) in [6.45, 7) is 0. The maximum absolute atomic E-state index is 11.7. The molecule has 3 rings (SSSR count). The van der Waals surface area contributed by atoms with E-state index in [4.69, 9.17) is 4.42 Å². The Balaban J connectivity index is 2.22. The molecule has 0 bridgehead atoms. The fourth-order valence-corrected chi connectivity index (χ4v) is 1.89. The first-order valence-corrected chi connectivity index (χ1v) is 5.20. The van der Waals surface area contributed by atoms with Crippen LogP contribution in [0.15, 0.2) is 53.2 Å². The Morgan fingerprint density at radius 2 is 1.82 bits per heavy atom. The zero-order chi connectivity index (χ0) is 11.8. The van der Waals surface area contributed by atoms with Gasteiger partial charge in [-0.25, -0.2) is 0 Å². The Morgan fingerprint density at radius 3 is 2.71 bits per heavy atom. The molecule has 0 fully saturated rings. The van der Waals surface area contributed by atoms with E-state index in [1.807, 2.05) is 24.3 Å². The van der Waals surface area contributed by atoms with Gasteiger partial charge in [-0.3, -0.25) is 9.59 Å². The summed E-state index contributed by atoms with van der Waals surface area (Å²) < 4.78 is 5.40. The molecular formula is C14H8O3. The molecule has 1 aromatic heterocycles. The number of fused-ring (bicyclic) bond motifs is 1. The lowest BCUT2D eigenvalue weighted by Gasteiger charge is -2.03. The predicted octanol–water partition coefficient (Wildman–Crippen LogP) is 2.52. The van der Waals surface area contributed by atoms with Crippen LogP contribution in [0, 0.1) is 0 Å². The van der Waals surface area contributed by atoms with E-state index in [-0.39, 0.29) is 11.6 Å². The quantitative estimate of drug-likeness (QED) is 0.699. The van der Waals surface area contributed by atoms with E-state index in [2.05, 4.69) is 0 Å². The number of carbonyl (C=O) groups is 2. The summed E-state index contributed by atoms with van der Waals surface area (Å²) in [5, 5.41) is 1.76. The summed E-state index contributed by atoms with van der Waals surface area (Å²) >= 11 is 0. The van der Waals surface area contributed by atoms with E-state index in [9.17, 15) is 9.59 Å². The van der Waals surface area contributed by atoms with Crippen LogP contribution in [-0.2, 0) is 9.59 Å². The Kier molecular flexibility index (Phi) is 2.05. The Labute approximate surface area is 97.0 Å².